The summed E-state index contributed by atoms with van der Waals surface area (Å²) in [4.78, 5) is 12.1. The molecule has 0 aliphatic carbocycles. The summed E-state index contributed by atoms with van der Waals surface area (Å²) in [5.41, 5.74) is 1.86. The molecule has 1 heterocycles. The Bertz CT molecular complexity index is 506. The zero-order valence-corrected chi connectivity index (χ0v) is 13.6. The molecule has 2 rings (SSSR count). The SMILES string of the molecule is COc1ccc(Br)c(C(=O)NCC2=CCNCC2)c1.Cl. The van der Waals surface area contributed by atoms with Gasteiger partial charge in [0.05, 0.1) is 12.7 Å². The largest absolute Gasteiger partial charge is 0.497 e. The first-order valence-electron chi connectivity index (χ1n) is 6.21. The van der Waals surface area contributed by atoms with Crippen molar-refractivity contribution in [2.24, 2.45) is 0 Å². The predicted molar refractivity (Wildman–Crippen MR) is 85.8 cm³/mol. The number of benzene rings is 1. The van der Waals surface area contributed by atoms with Crippen LogP contribution in [0.4, 0.5) is 0 Å². The minimum absolute atomic E-state index is 0. The molecule has 0 fully saturated rings. The quantitative estimate of drug-likeness (QED) is 0.810. The molecule has 0 atom stereocenters. The summed E-state index contributed by atoms with van der Waals surface area (Å²) in [6.07, 6.45) is 3.12. The Morgan fingerprint density at radius 1 is 1.50 bits per heavy atom. The van der Waals surface area contributed by atoms with Crippen LogP contribution in [-0.2, 0) is 0 Å². The molecule has 2 N–H and O–H groups in total. The lowest BCUT2D eigenvalue weighted by atomic mass is 10.1. The highest BCUT2D eigenvalue weighted by atomic mass is 79.9. The molecule has 110 valence electrons. The van der Waals surface area contributed by atoms with Crippen LogP contribution in [0.15, 0.2) is 34.3 Å². The van der Waals surface area contributed by atoms with E-state index in [1.165, 1.54) is 5.57 Å². The van der Waals surface area contributed by atoms with Crippen LogP contribution in [0.2, 0.25) is 0 Å². The number of carbonyl (C=O) groups excluding carboxylic acids is 1. The maximum atomic E-state index is 12.1. The molecule has 0 saturated heterocycles. The second-order valence-corrected chi connectivity index (χ2v) is 5.20. The fourth-order valence-electron chi connectivity index (χ4n) is 1.92. The molecule has 20 heavy (non-hydrogen) atoms. The summed E-state index contributed by atoms with van der Waals surface area (Å²) >= 11 is 3.39. The Labute approximate surface area is 133 Å². The van der Waals surface area contributed by atoms with E-state index in [-0.39, 0.29) is 18.3 Å². The lowest BCUT2D eigenvalue weighted by Crippen LogP contribution is -2.29. The number of nitrogens with one attached hydrogen (secondary N) is 2. The molecule has 4 nitrogen and oxygen atoms in total. The first-order chi connectivity index (χ1) is 9.20. The fraction of sp³-hybridized carbons (Fsp3) is 0.357. The van der Waals surface area contributed by atoms with Crippen molar-refractivity contribution >= 4 is 34.2 Å². The number of hydrogen-bond acceptors (Lipinski definition) is 3. The van der Waals surface area contributed by atoms with Crippen molar-refractivity contribution in [1.82, 2.24) is 10.6 Å². The van der Waals surface area contributed by atoms with Crippen molar-refractivity contribution in [2.45, 2.75) is 6.42 Å². The van der Waals surface area contributed by atoms with Crippen LogP contribution in [0.25, 0.3) is 0 Å². The third kappa shape index (κ3) is 4.51. The van der Waals surface area contributed by atoms with Gasteiger partial charge in [0, 0.05) is 17.6 Å². The molecule has 0 bridgehead atoms. The molecule has 0 aromatic heterocycles. The van der Waals surface area contributed by atoms with Gasteiger partial charge >= 0.3 is 0 Å². The highest BCUT2D eigenvalue weighted by Crippen LogP contribution is 2.22. The standard InChI is InChI=1S/C14H17BrN2O2.ClH/c1-19-11-2-3-13(15)12(8-11)14(18)17-9-10-4-6-16-7-5-10;/h2-4,8,16H,5-7,9H2,1H3,(H,17,18);1H. The molecule has 0 radical (unpaired) electrons. The van der Waals surface area contributed by atoms with Gasteiger partial charge in [0.2, 0.25) is 0 Å². The van der Waals surface area contributed by atoms with Gasteiger partial charge < -0.3 is 15.4 Å². The molecule has 1 aromatic carbocycles. The van der Waals surface area contributed by atoms with E-state index in [1.807, 2.05) is 12.1 Å². The van der Waals surface area contributed by atoms with Gasteiger partial charge in [0.15, 0.2) is 0 Å². The second-order valence-electron chi connectivity index (χ2n) is 4.34. The van der Waals surface area contributed by atoms with E-state index in [0.29, 0.717) is 17.9 Å². The summed E-state index contributed by atoms with van der Waals surface area (Å²) in [6, 6.07) is 5.37. The Balaban J connectivity index is 0.00000200. The Hall–Kier alpha value is -1.04. The number of rotatable bonds is 4. The molecular weight excluding hydrogens is 344 g/mol. The van der Waals surface area contributed by atoms with Gasteiger partial charge in [-0.05, 0) is 47.1 Å². The van der Waals surface area contributed by atoms with Gasteiger partial charge in [-0.3, -0.25) is 4.79 Å². The Morgan fingerprint density at radius 2 is 2.30 bits per heavy atom. The number of ether oxygens (including phenoxy) is 1. The maximum absolute atomic E-state index is 12.1. The topological polar surface area (TPSA) is 50.4 Å². The average Bonchev–Trinajstić information content (AvgIpc) is 2.46. The van der Waals surface area contributed by atoms with E-state index in [1.54, 1.807) is 13.2 Å². The number of methoxy groups -OCH3 is 1. The number of halogens is 2. The molecule has 0 spiro atoms. The van der Waals surface area contributed by atoms with E-state index in [9.17, 15) is 4.79 Å². The average molecular weight is 362 g/mol. The van der Waals surface area contributed by atoms with Crippen molar-refractivity contribution in [2.75, 3.05) is 26.7 Å². The zero-order valence-electron chi connectivity index (χ0n) is 11.2. The predicted octanol–water partition coefficient (Wildman–Crippen LogP) is 2.53. The van der Waals surface area contributed by atoms with E-state index in [4.69, 9.17) is 4.74 Å². The van der Waals surface area contributed by atoms with Crippen LogP contribution in [-0.4, -0.2) is 32.7 Å². The Morgan fingerprint density at radius 3 is 2.95 bits per heavy atom. The van der Waals surface area contributed by atoms with Crippen molar-refractivity contribution < 1.29 is 9.53 Å². The van der Waals surface area contributed by atoms with Crippen LogP contribution in [0, 0.1) is 0 Å². The van der Waals surface area contributed by atoms with E-state index >= 15 is 0 Å². The third-order valence-electron chi connectivity index (χ3n) is 3.05. The number of carbonyl (C=O) groups is 1. The molecule has 6 heteroatoms. The van der Waals surface area contributed by atoms with Gasteiger partial charge in [-0.15, -0.1) is 12.4 Å². The van der Waals surface area contributed by atoms with Crippen molar-refractivity contribution in [3.05, 3.63) is 39.9 Å². The summed E-state index contributed by atoms with van der Waals surface area (Å²) in [5, 5.41) is 6.19. The van der Waals surface area contributed by atoms with Crippen molar-refractivity contribution in [3.8, 4) is 5.75 Å². The summed E-state index contributed by atoms with van der Waals surface area (Å²) in [7, 11) is 1.59. The van der Waals surface area contributed by atoms with Gasteiger partial charge in [-0.1, -0.05) is 11.6 Å². The molecule has 1 aliphatic heterocycles. The number of amides is 1. The van der Waals surface area contributed by atoms with Gasteiger partial charge in [-0.2, -0.15) is 0 Å². The first kappa shape index (κ1) is 17.0. The molecule has 1 amide bonds. The smallest absolute Gasteiger partial charge is 0.252 e. The lowest BCUT2D eigenvalue weighted by Gasteiger charge is -2.15. The molecule has 0 saturated carbocycles. The molecular formula is C14H18BrClN2O2. The van der Waals surface area contributed by atoms with E-state index < -0.39 is 0 Å². The summed E-state index contributed by atoms with van der Waals surface area (Å²) in [6.45, 7) is 2.46. The van der Waals surface area contributed by atoms with E-state index in [2.05, 4.69) is 32.6 Å². The summed E-state index contributed by atoms with van der Waals surface area (Å²) < 4.78 is 5.90. The van der Waals surface area contributed by atoms with Gasteiger partial charge in [-0.25, -0.2) is 0 Å². The molecule has 1 aliphatic rings. The maximum Gasteiger partial charge on any atom is 0.252 e. The first-order valence-corrected chi connectivity index (χ1v) is 7.00. The third-order valence-corrected chi connectivity index (χ3v) is 3.74. The second kappa shape index (κ2) is 8.29. The minimum atomic E-state index is -0.0924. The zero-order chi connectivity index (χ0) is 13.7. The van der Waals surface area contributed by atoms with Crippen LogP contribution in [0.3, 0.4) is 0 Å². The fourth-order valence-corrected chi connectivity index (χ4v) is 2.35. The van der Waals surface area contributed by atoms with Crippen molar-refractivity contribution in [3.63, 3.8) is 0 Å². The van der Waals surface area contributed by atoms with Crippen LogP contribution in [0.5, 0.6) is 5.75 Å². The normalized spacial score (nSPS) is 14.0. The van der Waals surface area contributed by atoms with Crippen LogP contribution < -0.4 is 15.4 Å². The highest BCUT2D eigenvalue weighted by Gasteiger charge is 2.12. The summed E-state index contributed by atoms with van der Waals surface area (Å²) in [5.74, 6) is 0.583. The van der Waals surface area contributed by atoms with E-state index in [0.717, 1.165) is 24.0 Å². The van der Waals surface area contributed by atoms with Crippen LogP contribution >= 0.6 is 28.3 Å². The minimum Gasteiger partial charge on any atom is -0.497 e. The van der Waals surface area contributed by atoms with Crippen molar-refractivity contribution in [1.29, 1.82) is 0 Å². The van der Waals surface area contributed by atoms with Gasteiger partial charge in [0.1, 0.15) is 5.75 Å². The monoisotopic (exact) mass is 360 g/mol. The number of hydrogen-bond donors (Lipinski definition) is 2. The molecule has 1 aromatic rings. The lowest BCUT2D eigenvalue weighted by molar-refractivity contribution is 0.0955. The van der Waals surface area contributed by atoms with Gasteiger partial charge in [0.25, 0.3) is 5.91 Å². The Kier molecular flexibility index (Phi) is 7.05. The molecule has 0 unspecified atom stereocenters. The van der Waals surface area contributed by atoms with Crippen LogP contribution in [0.1, 0.15) is 16.8 Å². The highest BCUT2D eigenvalue weighted by molar-refractivity contribution is 9.10.